The molecule has 134 valence electrons. The molecule has 0 bridgehead atoms. The Morgan fingerprint density at radius 3 is 2.58 bits per heavy atom. The molecule has 1 aromatic heterocycles. The highest BCUT2D eigenvalue weighted by Gasteiger charge is 2.19. The van der Waals surface area contributed by atoms with E-state index in [1.807, 2.05) is 55.5 Å². The van der Waals surface area contributed by atoms with Crippen molar-refractivity contribution in [1.82, 2.24) is 10.3 Å². The van der Waals surface area contributed by atoms with Crippen molar-refractivity contribution in [2.45, 2.75) is 30.7 Å². The van der Waals surface area contributed by atoms with Gasteiger partial charge in [-0.25, -0.2) is 4.98 Å². The Labute approximate surface area is 156 Å². The van der Waals surface area contributed by atoms with Gasteiger partial charge in [-0.2, -0.15) is 0 Å². The second-order valence-corrected chi connectivity index (χ2v) is 7.29. The van der Waals surface area contributed by atoms with E-state index in [0.717, 1.165) is 23.1 Å². The summed E-state index contributed by atoms with van der Waals surface area (Å²) in [6, 6.07) is 15.0. The number of benzene rings is 2. The Balaban J connectivity index is 1.61. The van der Waals surface area contributed by atoms with E-state index < -0.39 is 0 Å². The van der Waals surface area contributed by atoms with Crippen LogP contribution in [0.25, 0.3) is 11.1 Å². The number of thioether (sulfide) groups is 1. The summed E-state index contributed by atoms with van der Waals surface area (Å²) in [6.07, 6.45) is 0.737. The van der Waals surface area contributed by atoms with Crippen molar-refractivity contribution in [2.75, 3.05) is 6.54 Å². The minimum Gasteiger partial charge on any atom is -0.431 e. The fraction of sp³-hybridized carbons (Fsp3) is 0.250. The number of fused-ring (bicyclic) bond motifs is 1. The van der Waals surface area contributed by atoms with E-state index in [0.29, 0.717) is 17.3 Å². The molecular weight excluding hydrogens is 348 g/mol. The van der Waals surface area contributed by atoms with Crippen LogP contribution in [0.1, 0.15) is 29.8 Å². The number of carbonyl (C=O) groups excluding carboxylic acids is 2. The molecule has 1 amide bonds. The molecule has 1 heterocycles. The lowest BCUT2D eigenvalue weighted by molar-refractivity contribution is -0.118. The van der Waals surface area contributed by atoms with Crippen LogP contribution in [0.4, 0.5) is 0 Å². The normalized spacial score (nSPS) is 12.1. The molecule has 26 heavy (non-hydrogen) atoms. The standard InChI is InChI=1S/C20H20N2O3S/c1-13(26-20-22-17-5-3-4-6-18(17)25-20)19(24)16-9-7-15(8-10-16)11-12-21-14(2)23/h3-10,13H,11-12H2,1-2H3,(H,21,23). The third kappa shape index (κ3) is 4.52. The number of hydrogen-bond acceptors (Lipinski definition) is 5. The van der Waals surface area contributed by atoms with Gasteiger partial charge in [-0.1, -0.05) is 48.2 Å². The van der Waals surface area contributed by atoms with Crippen molar-refractivity contribution >= 4 is 34.6 Å². The minimum absolute atomic E-state index is 0.0330. The van der Waals surface area contributed by atoms with E-state index in [1.165, 1.54) is 18.7 Å². The van der Waals surface area contributed by atoms with Gasteiger partial charge in [0.25, 0.3) is 5.22 Å². The van der Waals surface area contributed by atoms with Gasteiger partial charge in [0.2, 0.25) is 5.91 Å². The first-order valence-electron chi connectivity index (χ1n) is 8.43. The maximum absolute atomic E-state index is 12.6. The van der Waals surface area contributed by atoms with Gasteiger partial charge in [-0.3, -0.25) is 9.59 Å². The fourth-order valence-corrected chi connectivity index (χ4v) is 3.39. The predicted molar refractivity (Wildman–Crippen MR) is 102 cm³/mol. The molecule has 1 unspecified atom stereocenters. The first-order valence-corrected chi connectivity index (χ1v) is 9.31. The molecule has 0 saturated heterocycles. The van der Waals surface area contributed by atoms with Crippen molar-refractivity contribution in [3.63, 3.8) is 0 Å². The molecule has 0 fully saturated rings. The molecular formula is C20H20N2O3S. The maximum Gasteiger partial charge on any atom is 0.257 e. The van der Waals surface area contributed by atoms with Crippen molar-refractivity contribution < 1.29 is 14.0 Å². The van der Waals surface area contributed by atoms with Crippen LogP contribution in [0.3, 0.4) is 0 Å². The molecule has 0 aliphatic heterocycles. The first kappa shape index (κ1) is 18.2. The average molecular weight is 368 g/mol. The van der Waals surface area contributed by atoms with Crippen LogP contribution in [0, 0.1) is 0 Å². The van der Waals surface area contributed by atoms with E-state index in [4.69, 9.17) is 4.42 Å². The quantitative estimate of drug-likeness (QED) is 0.506. The van der Waals surface area contributed by atoms with Gasteiger partial charge in [-0.05, 0) is 31.0 Å². The molecule has 5 nitrogen and oxygen atoms in total. The number of nitrogens with zero attached hydrogens (tertiary/aromatic N) is 1. The lowest BCUT2D eigenvalue weighted by Crippen LogP contribution is -2.22. The van der Waals surface area contributed by atoms with Crippen LogP contribution in [0.15, 0.2) is 58.2 Å². The number of Topliss-reactive ketones (excluding diaryl/α,β-unsaturated/α-hetero) is 1. The van der Waals surface area contributed by atoms with E-state index >= 15 is 0 Å². The molecule has 0 spiro atoms. The molecule has 2 aromatic carbocycles. The Kier molecular flexibility index (Phi) is 5.73. The monoisotopic (exact) mass is 368 g/mol. The number of carbonyl (C=O) groups is 2. The molecule has 0 saturated carbocycles. The minimum atomic E-state index is -0.298. The van der Waals surface area contributed by atoms with Crippen LogP contribution in [0.2, 0.25) is 0 Å². The number of oxazole rings is 1. The Hall–Kier alpha value is -2.60. The van der Waals surface area contributed by atoms with Gasteiger partial charge in [0, 0.05) is 19.0 Å². The van der Waals surface area contributed by atoms with E-state index in [-0.39, 0.29) is 16.9 Å². The molecule has 3 aromatic rings. The van der Waals surface area contributed by atoms with Gasteiger partial charge in [0.05, 0.1) is 5.25 Å². The van der Waals surface area contributed by atoms with Crippen molar-refractivity contribution in [1.29, 1.82) is 0 Å². The lowest BCUT2D eigenvalue weighted by atomic mass is 10.0. The highest BCUT2D eigenvalue weighted by Crippen LogP contribution is 2.28. The zero-order valence-electron chi connectivity index (χ0n) is 14.7. The fourth-order valence-electron chi connectivity index (χ4n) is 2.56. The highest BCUT2D eigenvalue weighted by atomic mass is 32.2. The third-order valence-corrected chi connectivity index (χ3v) is 4.89. The topological polar surface area (TPSA) is 72.2 Å². The highest BCUT2D eigenvalue weighted by molar-refractivity contribution is 8.00. The summed E-state index contributed by atoms with van der Waals surface area (Å²) in [7, 11) is 0. The number of nitrogens with one attached hydrogen (secondary N) is 1. The van der Waals surface area contributed by atoms with E-state index in [1.54, 1.807) is 0 Å². The average Bonchev–Trinajstić information content (AvgIpc) is 3.03. The van der Waals surface area contributed by atoms with Crippen LogP contribution in [0.5, 0.6) is 0 Å². The summed E-state index contributed by atoms with van der Waals surface area (Å²) in [4.78, 5) is 27.9. The summed E-state index contributed by atoms with van der Waals surface area (Å²) < 4.78 is 5.67. The summed E-state index contributed by atoms with van der Waals surface area (Å²) >= 11 is 1.32. The second-order valence-electron chi connectivity index (χ2n) is 6.00. The summed E-state index contributed by atoms with van der Waals surface area (Å²) in [5, 5.41) is 2.96. The van der Waals surface area contributed by atoms with Gasteiger partial charge in [-0.15, -0.1) is 0 Å². The number of hydrogen-bond donors (Lipinski definition) is 1. The SMILES string of the molecule is CC(=O)NCCc1ccc(C(=O)C(C)Sc2nc3ccccc3o2)cc1. The van der Waals surface area contributed by atoms with Crippen molar-refractivity contribution in [3.05, 3.63) is 59.7 Å². The molecule has 0 aliphatic carbocycles. The number of rotatable bonds is 7. The number of amides is 1. The van der Waals surface area contributed by atoms with Crippen LogP contribution in [-0.4, -0.2) is 28.5 Å². The number of para-hydroxylation sites is 2. The first-order chi connectivity index (χ1) is 12.5. The maximum atomic E-state index is 12.6. The smallest absolute Gasteiger partial charge is 0.257 e. The predicted octanol–water partition coefficient (Wildman–Crippen LogP) is 3.87. The van der Waals surface area contributed by atoms with Gasteiger partial charge in [0.1, 0.15) is 5.52 Å². The van der Waals surface area contributed by atoms with E-state index in [2.05, 4.69) is 10.3 Å². The molecule has 3 rings (SSSR count). The lowest BCUT2D eigenvalue weighted by Gasteiger charge is -2.09. The molecule has 0 radical (unpaired) electrons. The Bertz CT molecular complexity index is 885. The number of aromatic nitrogens is 1. The molecule has 1 atom stereocenters. The third-order valence-electron chi connectivity index (χ3n) is 3.95. The van der Waals surface area contributed by atoms with Crippen LogP contribution < -0.4 is 5.32 Å². The Morgan fingerprint density at radius 2 is 1.88 bits per heavy atom. The van der Waals surface area contributed by atoms with Crippen LogP contribution in [-0.2, 0) is 11.2 Å². The molecule has 0 aliphatic rings. The Morgan fingerprint density at radius 1 is 1.15 bits per heavy atom. The van der Waals surface area contributed by atoms with Crippen LogP contribution >= 0.6 is 11.8 Å². The summed E-state index contributed by atoms with van der Waals surface area (Å²) in [5.74, 6) is -0.00693. The second kappa shape index (κ2) is 8.19. The molecule has 6 heteroatoms. The zero-order chi connectivity index (χ0) is 18.5. The van der Waals surface area contributed by atoms with Gasteiger partial charge in [0.15, 0.2) is 11.4 Å². The van der Waals surface area contributed by atoms with Gasteiger partial charge >= 0.3 is 0 Å². The van der Waals surface area contributed by atoms with Gasteiger partial charge < -0.3 is 9.73 Å². The molecule has 1 N–H and O–H groups in total. The van der Waals surface area contributed by atoms with E-state index in [9.17, 15) is 9.59 Å². The summed E-state index contributed by atoms with van der Waals surface area (Å²) in [5.41, 5.74) is 3.25. The van der Waals surface area contributed by atoms with Crippen molar-refractivity contribution in [3.8, 4) is 0 Å². The zero-order valence-corrected chi connectivity index (χ0v) is 15.5. The summed E-state index contributed by atoms with van der Waals surface area (Å²) in [6.45, 7) is 3.94. The largest absolute Gasteiger partial charge is 0.431 e. The number of ketones is 1. The van der Waals surface area contributed by atoms with Crippen molar-refractivity contribution in [2.24, 2.45) is 0 Å².